The summed E-state index contributed by atoms with van der Waals surface area (Å²) in [5.74, 6) is 0.463. The lowest BCUT2D eigenvalue weighted by Crippen LogP contribution is -2.27. The van der Waals surface area contributed by atoms with E-state index in [1.807, 2.05) is 50.5 Å². The number of rotatable bonds is 6. The largest absolute Gasteiger partial charge is 0.335 e. The second-order valence-corrected chi connectivity index (χ2v) is 8.79. The van der Waals surface area contributed by atoms with Crippen molar-refractivity contribution in [1.82, 2.24) is 45.0 Å². The van der Waals surface area contributed by atoms with Crippen molar-refractivity contribution in [3.63, 3.8) is 0 Å². The predicted octanol–water partition coefficient (Wildman–Crippen LogP) is 3.52. The molecular formula is C26H22N10O. The van der Waals surface area contributed by atoms with Gasteiger partial charge in [-0.1, -0.05) is 6.07 Å². The van der Waals surface area contributed by atoms with Crippen LogP contribution in [-0.2, 0) is 4.79 Å². The van der Waals surface area contributed by atoms with Gasteiger partial charge in [-0.3, -0.25) is 24.8 Å². The van der Waals surface area contributed by atoms with Crippen LogP contribution in [0.5, 0.6) is 0 Å². The van der Waals surface area contributed by atoms with Gasteiger partial charge < -0.3 is 15.2 Å². The summed E-state index contributed by atoms with van der Waals surface area (Å²) in [5, 5.41) is 11.2. The number of nitrogens with zero attached hydrogens (tertiary/aromatic N) is 7. The lowest BCUT2D eigenvalue weighted by molar-refractivity contribution is -0.116. The third-order valence-corrected chi connectivity index (χ3v) is 5.78. The van der Waals surface area contributed by atoms with Crippen LogP contribution in [0.3, 0.4) is 0 Å². The lowest BCUT2D eigenvalue weighted by Gasteiger charge is -2.10. The minimum atomic E-state index is -0.118. The second kappa shape index (κ2) is 9.21. The molecule has 11 heteroatoms. The van der Waals surface area contributed by atoms with Crippen LogP contribution in [0, 0.1) is 0 Å². The van der Waals surface area contributed by atoms with Gasteiger partial charge in [0.2, 0.25) is 5.91 Å². The van der Waals surface area contributed by atoms with Crippen molar-refractivity contribution in [2.75, 3.05) is 26.0 Å². The third kappa shape index (κ3) is 4.39. The van der Waals surface area contributed by atoms with Crippen molar-refractivity contribution in [2.24, 2.45) is 0 Å². The summed E-state index contributed by atoms with van der Waals surface area (Å²) in [6.45, 7) is 0.279. The average molecular weight is 491 g/mol. The Balaban J connectivity index is 1.38. The number of amides is 1. The molecule has 0 fully saturated rings. The zero-order valence-corrected chi connectivity index (χ0v) is 20.1. The molecule has 0 radical (unpaired) electrons. The Labute approximate surface area is 211 Å². The van der Waals surface area contributed by atoms with Crippen molar-refractivity contribution in [1.29, 1.82) is 0 Å². The highest BCUT2D eigenvalue weighted by atomic mass is 16.2. The lowest BCUT2D eigenvalue weighted by atomic mass is 10.1. The molecule has 6 aromatic rings. The van der Waals surface area contributed by atoms with E-state index in [1.54, 1.807) is 35.9 Å². The summed E-state index contributed by atoms with van der Waals surface area (Å²) < 4.78 is 0. The molecule has 0 bridgehead atoms. The fourth-order valence-corrected chi connectivity index (χ4v) is 4.15. The van der Waals surface area contributed by atoms with Crippen LogP contribution in [0.1, 0.15) is 0 Å². The van der Waals surface area contributed by atoms with E-state index in [4.69, 9.17) is 4.98 Å². The van der Waals surface area contributed by atoms with Gasteiger partial charge in [0.25, 0.3) is 0 Å². The zero-order valence-electron chi connectivity index (χ0n) is 20.1. The summed E-state index contributed by atoms with van der Waals surface area (Å²) in [6, 6.07) is 11.5. The SMILES string of the molecule is CN(C)CC(=O)Nc1cncc(-c2cc3c(-c4nc5nccc(-c6ccccn6)c5[nH]4)n[nH]c3cn2)c1. The number of fused-ring (bicyclic) bond motifs is 2. The van der Waals surface area contributed by atoms with Gasteiger partial charge in [-0.25, -0.2) is 9.97 Å². The van der Waals surface area contributed by atoms with Crippen molar-refractivity contribution in [3.05, 3.63) is 67.4 Å². The van der Waals surface area contributed by atoms with Crippen LogP contribution in [0.25, 0.3) is 56.1 Å². The number of carbonyl (C=O) groups excluding carboxylic acids is 1. The Kier molecular flexibility index (Phi) is 5.58. The number of hydrogen-bond acceptors (Lipinski definition) is 8. The number of H-pyrrole nitrogens is 2. The predicted molar refractivity (Wildman–Crippen MR) is 140 cm³/mol. The molecule has 0 saturated heterocycles. The van der Waals surface area contributed by atoms with E-state index in [0.29, 0.717) is 28.5 Å². The normalized spacial score (nSPS) is 11.4. The number of likely N-dealkylation sites (N-methyl/N-ethyl adjacent to an activating group) is 1. The fraction of sp³-hybridized carbons (Fsp3) is 0.115. The maximum absolute atomic E-state index is 12.2. The molecule has 0 aliphatic rings. The topological polar surface area (TPSA) is 141 Å². The fourth-order valence-electron chi connectivity index (χ4n) is 4.15. The van der Waals surface area contributed by atoms with E-state index in [2.05, 4.69) is 40.4 Å². The van der Waals surface area contributed by atoms with E-state index in [1.165, 1.54) is 0 Å². The van der Waals surface area contributed by atoms with Crippen molar-refractivity contribution < 1.29 is 4.79 Å². The molecule has 1 amide bonds. The first-order valence-electron chi connectivity index (χ1n) is 11.6. The summed E-state index contributed by atoms with van der Waals surface area (Å²) in [4.78, 5) is 39.8. The standard InChI is InChI=1S/C26H22N10O/c1-36(2)14-22(37)31-16-9-15(11-27-12-16)20-10-18-21(13-30-20)34-35-24(18)26-32-23-17(6-8-29-25(23)33-26)19-5-3-4-7-28-19/h3-13H,14H2,1-2H3,(H,31,37)(H,34,35)(H,29,32,33). The first-order valence-corrected chi connectivity index (χ1v) is 11.6. The highest BCUT2D eigenvalue weighted by Gasteiger charge is 2.17. The molecule has 6 aromatic heterocycles. The Bertz CT molecular complexity index is 1740. The molecule has 182 valence electrons. The smallest absolute Gasteiger partial charge is 0.238 e. The van der Waals surface area contributed by atoms with Crippen LogP contribution in [0.15, 0.2) is 67.4 Å². The zero-order chi connectivity index (χ0) is 25.4. The molecule has 0 aromatic carbocycles. The van der Waals surface area contributed by atoms with E-state index >= 15 is 0 Å². The molecule has 0 aliphatic carbocycles. The molecule has 3 N–H and O–H groups in total. The third-order valence-electron chi connectivity index (χ3n) is 5.78. The number of aromatic amines is 2. The Morgan fingerprint density at radius 2 is 1.92 bits per heavy atom. The number of aromatic nitrogens is 8. The molecule has 0 aliphatic heterocycles. The maximum atomic E-state index is 12.2. The molecular weight excluding hydrogens is 468 g/mol. The Hall–Kier alpha value is -5.03. The van der Waals surface area contributed by atoms with E-state index in [0.717, 1.165) is 33.2 Å². The molecule has 0 unspecified atom stereocenters. The summed E-state index contributed by atoms with van der Waals surface area (Å²) in [7, 11) is 3.68. The van der Waals surface area contributed by atoms with Crippen LogP contribution in [0.4, 0.5) is 5.69 Å². The molecule has 0 spiro atoms. The van der Waals surface area contributed by atoms with Gasteiger partial charge in [-0.2, -0.15) is 5.10 Å². The Morgan fingerprint density at radius 3 is 2.76 bits per heavy atom. The summed E-state index contributed by atoms with van der Waals surface area (Å²) in [5.41, 5.74) is 6.56. The number of hydrogen-bond donors (Lipinski definition) is 3. The van der Waals surface area contributed by atoms with Crippen LogP contribution >= 0.6 is 0 Å². The Morgan fingerprint density at radius 1 is 1.00 bits per heavy atom. The first kappa shape index (κ1) is 22.4. The summed E-state index contributed by atoms with van der Waals surface area (Å²) >= 11 is 0. The van der Waals surface area contributed by atoms with E-state index in [-0.39, 0.29) is 12.5 Å². The number of imidazole rings is 1. The number of pyridine rings is 4. The van der Waals surface area contributed by atoms with Gasteiger partial charge >= 0.3 is 0 Å². The van der Waals surface area contributed by atoms with Gasteiger partial charge in [0.1, 0.15) is 5.69 Å². The van der Waals surface area contributed by atoms with Crippen LogP contribution in [-0.4, -0.2) is 71.5 Å². The number of nitrogens with one attached hydrogen (secondary N) is 3. The molecule has 37 heavy (non-hydrogen) atoms. The molecule has 6 heterocycles. The van der Waals surface area contributed by atoms with Crippen LogP contribution < -0.4 is 5.32 Å². The minimum Gasteiger partial charge on any atom is -0.335 e. The van der Waals surface area contributed by atoms with Gasteiger partial charge in [-0.05, 0) is 44.4 Å². The van der Waals surface area contributed by atoms with Crippen molar-refractivity contribution >= 4 is 33.7 Å². The van der Waals surface area contributed by atoms with Crippen molar-refractivity contribution in [3.8, 4) is 34.0 Å². The monoisotopic (exact) mass is 490 g/mol. The first-order chi connectivity index (χ1) is 18.0. The van der Waals surface area contributed by atoms with E-state index < -0.39 is 0 Å². The molecule has 11 nitrogen and oxygen atoms in total. The van der Waals surface area contributed by atoms with Gasteiger partial charge in [0, 0.05) is 35.1 Å². The van der Waals surface area contributed by atoms with Crippen molar-refractivity contribution in [2.45, 2.75) is 0 Å². The quantitative estimate of drug-likeness (QED) is 0.322. The second-order valence-electron chi connectivity index (χ2n) is 8.79. The van der Waals surface area contributed by atoms with E-state index in [9.17, 15) is 4.79 Å². The average Bonchev–Trinajstić information content (AvgIpc) is 3.52. The highest BCUT2D eigenvalue weighted by molar-refractivity contribution is 5.97. The maximum Gasteiger partial charge on any atom is 0.238 e. The number of anilines is 1. The van der Waals surface area contributed by atoms with Gasteiger partial charge in [0.05, 0.1) is 47.0 Å². The molecule has 6 rings (SSSR count). The molecule has 0 saturated carbocycles. The molecule has 0 atom stereocenters. The number of carbonyl (C=O) groups is 1. The van der Waals surface area contributed by atoms with Gasteiger partial charge in [-0.15, -0.1) is 0 Å². The minimum absolute atomic E-state index is 0.118. The van der Waals surface area contributed by atoms with Gasteiger partial charge in [0.15, 0.2) is 11.5 Å². The summed E-state index contributed by atoms with van der Waals surface area (Å²) in [6.07, 6.45) is 8.52. The highest BCUT2D eigenvalue weighted by Crippen LogP contribution is 2.31. The van der Waals surface area contributed by atoms with Crippen LogP contribution in [0.2, 0.25) is 0 Å².